The van der Waals surface area contributed by atoms with Crippen LogP contribution in [-0.4, -0.2) is 24.8 Å². The highest BCUT2D eigenvalue weighted by molar-refractivity contribution is 7.71. The van der Waals surface area contributed by atoms with Crippen LogP contribution in [0.25, 0.3) is 11.6 Å². The molecule has 4 nitrogen and oxygen atoms in total. The van der Waals surface area contributed by atoms with Crippen LogP contribution in [-0.2, 0) is 9.36 Å². The topological polar surface area (TPSA) is 55.4 Å². The fourth-order valence-corrected chi connectivity index (χ4v) is 5.08. The minimum Gasteiger partial charge on any atom is -0.494 e. The fourth-order valence-electron chi connectivity index (χ4n) is 3.19. The molecule has 0 atom stereocenters. The van der Waals surface area contributed by atoms with E-state index >= 15 is 0 Å². The number of fused-ring (bicyclic) bond motifs is 1. The maximum absolute atomic E-state index is 13.1. The van der Waals surface area contributed by atoms with Crippen molar-refractivity contribution in [2.24, 2.45) is 0 Å². The van der Waals surface area contributed by atoms with Gasteiger partial charge in [0.1, 0.15) is 12.9 Å². The first kappa shape index (κ1) is 18.5. The van der Waals surface area contributed by atoms with E-state index in [-0.39, 0.29) is 5.91 Å². The van der Waals surface area contributed by atoms with Crippen molar-refractivity contribution in [1.29, 1.82) is 0 Å². The third-order valence-corrected chi connectivity index (χ3v) is 8.02. The van der Waals surface area contributed by atoms with Gasteiger partial charge in [0.25, 0.3) is 5.91 Å². The second kappa shape index (κ2) is 7.51. The van der Waals surface area contributed by atoms with E-state index in [0.29, 0.717) is 24.5 Å². The summed E-state index contributed by atoms with van der Waals surface area (Å²) in [5.74, 6) is 0.637. The van der Waals surface area contributed by atoms with Gasteiger partial charge in [0.05, 0.1) is 6.61 Å². The van der Waals surface area contributed by atoms with E-state index in [1.807, 2.05) is 69.3 Å². The van der Waals surface area contributed by atoms with Gasteiger partial charge in [-0.2, -0.15) is 0 Å². The van der Waals surface area contributed by atoms with E-state index in [1.54, 1.807) is 0 Å². The first-order valence-electron chi connectivity index (χ1n) is 8.99. The van der Waals surface area contributed by atoms with Gasteiger partial charge in [-0.1, -0.05) is 26.0 Å². The molecule has 0 fully saturated rings. The van der Waals surface area contributed by atoms with Gasteiger partial charge in [-0.25, -0.2) is 0 Å². The predicted octanol–water partition coefficient (Wildman–Crippen LogP) is 4.61. The van der Waals surface area contributed by atoms with E-state index < -0.39 is 7.14 Å². The molecule has 26 heavy (non-hydrogen) atoms. The molecule has 1 amide bonds. The SMILES string of the molecule is CCOc1cccc(/C=C2\C(=O)Nc3ccc(P(=O)(CC)CC)cc32)c1. The molecule has 5 heteroatoms. The van der Waals surface area contributed by atoms with Crippen LogP contribution < -0.4 is 15.4 Å². The van der Waals surface area contributed by atoms with Gasteiger partial charge in [-0.05, 0) is 48.9 Å². The maximum atomic E-state index is 13.1. The highest BCUT2D eigenvalue weighted by Crippen LogP contribution is 2.45. The number of carbonyl (C=O) groups excluding carboxylic acids is 1. The summed E-state index contributed by atoms with van der Waals surface area (Å²) in [5, 5.41) is 3.73. The molecule has 0 saturated carbocycles. The number of hydrogen-bond donors (Lipinski definition) is 1. The van der Waals surface area contributed by atoms with Gasteiger partial charge in [-0.3, -0.25) is 4.79 Å². The highest BCUT2D eigenvalue weighted by Gasteiger charge is 2.28. The normalized spacial score (nSPS) is 15.0. The monoisotopic (exact) mass is 369 g/mol. The lowest BCUT2D eigenvalue weighted by Crippen LogP contribution is -2.09. The van der Waals surface area contributed by atoms with E-state index in [4.69, 9.17) is 4.74 Å². The number of benzene rings is 2. The van der Waals surface area contributed by atoms with Crippen LogP contribution in [0.5, 0.6) is 5.75 Å². The molecule has 0 spiro atoms. The second-order valence-electron chi connectivity index (χ2n) is 6.27. The van der Waals surface area contributed by atoms with Crippen LogP contribution in [0.15, 0.2) is 42.5 Å². The van der Waals surface area contributed by atoms with Crippen LogP contribution in [0.3, 0.4) is 0 Å². The Kier molecular flexibility index (Phi) is 5.33. The molecular weight excluding hydrogens is 345 g/mol. The first-order valence-corrected chi connectivity index (χ1v) is 11.1. The van der Waals surface area contributed by atoms with E-state index in [2.05, 4.69) is 5.32 Å². The van der Waals surface area contributed by atoms with Crippen molar-refractivity contribution in [3.63, 3.8) is 0 Å². The van der Waals surface area contributed by atoms with Crippen molar-refractivity contribution in [2.75, 3.05) is 24.2 Å². The van der Waals surface area contributed by atoms with Crippen molar-refractivity contribution in [3.05, 3.63) is 53.6 Å². The number of rotatable bonds is 6. The summed E-state index contributed by atoms with van der Waals surface area (Å²) in [6.45, 7) is 6.44. The molecule has 0 saturated heterocycles. The zero-order valence-electron chi connectivity index (χ0n) is 15.4. The summed E-state index contributed by atoms with van der Waals surface area (Å²) in [7, 11) is -2.40. The molecule has 2 aromatic carbocycles. The molecular formula is C21H24NO3P. The Morgan fingerprint density at radius 2 is 1.85 bits per heavy atom. The highest BCUT2D eigenvalue weighted by atomic mass is 31.2. The Morgan fingerprint density at radius 1 is 1.08 bits per heavy atom. The number of carbonyl (C=O) groups is 1. The molecule has 1 N–H and O–H groups in total. The molecule has 2 aromatic rings. The summed E-state index contributed by atoms with van der Waals surface area (Å²) in [6.07, 6.45) is 3.11. The van der Waals surface area contributed by atoms with Gasteiger partial charge in [0, 0.05) is 34.5 Å². The van der Waals surface area contributed by atoms with Crippen LogP contribution in [0, 0.1) is 0 Å². The Morgan fingerprint density at radius 3 is 2.54 bits per heavy atom. The summed E-state index contributed by atoms with van der Waals surface area (Å²) >= 11 is 0. The number of amides is 1. The van der Waals surface area contributed by atoms with E-state index in [9.17, 15) is 9.36 Å². The molecule has 0 unspecified atom stereocenters. The van der Waals surface area contributed by atoms with E-state index in [0.717, 1.165) is 27.9 Å². The molecule has 136 valence electrons. The van der Waals surface area contributed by atoms with Gasteiger partial charge in [0.15, 0.2) is 0 Å². The number of hydrogen-bond acceptors (Lipinski definition) is 3. The van der Waals surface area contributed by atoms with Gasteiger partial charge in [0.2, 0.25) is 0 Å². The summed E-state index contributed by atoms with van der Waals surface area (Å²) < 4.78 is 18.6. The minimum atomic E-state index is -2.40. The number of ether oxygens (including phenoxy) is 1. The smallest absolute Gasteiger partial charge is 0.256 e. The molecule has 1 aliphatic heterocycles. The Labute approximate surface area is 154 Å². The zero-order chi connectivity index (χ0) is 18.7. The van der Waals surface area contributed by atoms with Gasteiger partial charge in [-0.15, -0.1) is 0 Å². The Bertz CT molecular complexity index is 909. The molecule has 3 rings (SSSR count). The third kappa shape index (κ3) is 3.47. The molecule has 0 bridgehead atoms. The number of anilines is 1. The van der Waals surface area contributed by atoms with Crippen LogP contribution in [0.2, 0.25) is 0 Å². The Balaban J connectivity index is 2.05. The predicted molar refractivity (Wildman–Crippen MR) is 109 cm³/mol. The van der Waals surface area contributed by atoms with Crippen molar-refractivity contribution in [2.45, 2.75) is 20.8 Å². The van der Waals surface area contributed by atoms with Crippen LogP contribution in [0.4, 0.5) is 5.69 Å². The van der Waals surface area contributed by atoms with Crippen molar-refractivity contribution in [3.8, 4) is 5.75 Å². The molecule has 0 aliphatic carbocycles. The maximum Gasteiger partial charge on any atom is 0.256 e. The van der Waals surface area contributed by atoms with Gasteiger partial charge >= 0.3 is 0 Å². The first-order chi connectivity index (χ1) is 12.5. The largest absolute Gasteiger partial charge is 0.494 e. The molecule has 1 aliphatic rings. The fraction of sp³-hybridized carbons (Fsp3) is 0.286. The molecule has 1 heterocycles. The Hall–Kier alpha value is -2.32. The van der Waals surface area contributed by atoms with Crippen molar-refractivity contribution >= 4 is 35.7 Å². The summed E-state index contributed by atoms with van der Waals surface area (Å²) in [6, 6.07) is 13.3. The lowest BCUT2D eigenvalue weighted by atomic mass is 10.0. The summed E-state index contributed by atoms with van der Waals surface area (Å²) in [5.41, 5.74) is 3.07. The standard InChI is InChI=1S/C21H24NO3P/c1-4-25-16-9-7-8-15(12-16)13-19-18-14-17(26(24,5-2)6-3)10-11-20(18)22-21(19)23/h7-14H,4-6H2,1-3H3,(H,22,23)/b19-13-. The van der Waals surface area contributed by atoms with Crippen LogP contribution in [0.1, 0.15) is 31.9 Å². The number of nitrogens with one attached hydrogen (secondary N) is 1. The van der Waals surface area contributed by atoms with E-state index in [1.165, 1.54) is 0 Å². The summed E-state index contributed by atoms with van der Waals surface area (Å²) in [4.78, 5) is 12.5. The minimum absolute atomic E-state index is 0.137. The zero-order valence-corrected chi connectivity index (χ0v) is 16.3. The quantitative estimate of drug-likeness (QED) is 0.598. The lowest BCUT2D eigenvalue weighted by molar-refractivity contribution is -0.110. The van der Waals surface area contributed by atoms with Crippen molar-refractivity contribution < 1.29 is 14.1 Å². The third-order valence-electron chi connectivity index (χ3n) is 4.76. The van der Waals surface area contributed by atoms with Gasteiger partial charge < -0.3 is 14.6 Å². The second-order valence-corrected chi connectivity index (χ2v) is 9.83. The average molecular weight is 369 g/mol. The average Bonchev–Trinajstić information content (AvgIpc) is 2.96. The van der Waals surface area contributed by atoms with Crippen molar-refractivity contribution in [1.82, 2.24) is 0 Å². The van der Waals surface area contributed by atoms with Crippen LogP contribution >= 0.6 is 7.14 Å². The molecule has 0 aromatic heterocycles. The lowest BCUT2D eigenvalue weighted by Gasteiger charge is -2.15. The molecule has 0 radical (unpaired) electrons.